The predicted molar refractivity (Wildman–Crippen MR) is 101 cm³/mol. The molecule has 0 aliphatic carbocycles. The second-order valence-electron chi connectivity index (χ2n) is 6.30. The van der Waals surface area contributed by atoms with Gasteiger partial charge in [-0.3, -0.25) is 24.8 Å². The van der Waals surface area contributed by atoms with Crippen LogP contribution in [-0.4, -0.2) is 39.1 Å². The third-order valence-electron chi connectivity index (χ3n) is 4.27. The van der Waals surface area contributed by atoms with Gasteiger partial charge in [0.1, 0.15) is 0 Å². The first-order valence-electron chi connectivity index (χ1n) is 8.91. The summed E-state index contributed by atoms with van der Waals surface area (Å²) < 4.78 is 0. The van der Waals surface area contributed by atoms with E-state index in [1.807, 2.05) is 12.1 Å². The molecule has 0 saturated heterocycles. The van der Waals surface area contributed by atoms with Crippen molar-refractivity contribution in [1.82, 2.24) is 15.0 Å². The first kappa shape index (κ1) is 20.5. The van der Waals surface area contributed by atoms with Gasteiger partial charge in [-0.25, -0.2) is 15.9 Å². The molecule has 2 rings (SSSR count). The summed E-state index contributed by atoms with van der Waals surface area (Å²) >= 11 is 0. The summed E-state index contributed by atoms with van der Waals surface area (Å²) in [4.78, 5) is 31.8. The number of aromatic nitrogens is 2. The Balaban J connectivity index is 2.18. The maximum atomic E-state index is 12.8. The molecule has 2 aromatic rings. The van der Waals surface area contributed by atoms with Crippen molar-refractivity contribution >= 4 is 18.0 Å². The van der Waals surface area contributed by atoms with Gasteiger partial charge in [0.25, 0.3) is 0 Å². The molecule has 2 amide bonds. The Morgan fingerprint density at radius 2 is 2.04 bits per heavy atom. The number of hydrogen-bond acceptors (Lipinski definition) is 6. The molecule has 8 nitrogen and oxygen atoms in total. The lowest BCUT2D eigenvalue weighted by Crippen LogP contribution is -2.45. The highest BCUT2D eigenvalue weighted by Gasteiger charge is 2.25. The highest BCUT2D eigenvalue weighted by atomic mass is 16.5. The summed E-state index contributed by atoms with van der Waals surface area (Å²) in [5.74, 6) is 5.07. The lowest BCUT2D eigenvalue weighted by Gasteiger charge is -2.25. The molecule has 0 aliphatic heterocycles. The van der Waals surface area contributed by atoms with Crippen LogP contribution in [-0.2, 0) is 9.59 Å². The Kier molecular flexibility index (Phi) is 7.84. The number of anilines is 1. The molecule has 0 saturated carbocycles. The van der Waals surface area contributed by atoms with Gasteiger partial charge < -0.3 is 0 Å². The molecule has 3 N–H and O–H groups in total. The zero-order valence-corrected chi connectivity index (χ0v) is 15.4. The maximum Gasteiger partial charge on any atom is 0.246 e. The first-order chi connectivity index (χ1) is 13.1. The minimum Gasteiger partial charge on any atom is -0.286 e. The Labute approximate surface area is 158 Å². The van der Waals surface area contributed by atoms with Gasteiger partial charge in [-0.1, -0.05) is 32.3 Å². The first-order valence-corrected chi connectivity index (χ1v) is 8.91. The molecule has 27 heavy (non-hydrogen) atoms. The molecule has 1 atom stereocenters. The Hall–Kier alpha value is -2.84. The Morgan fingerprint density at radius 1 is 1.26 bits per heavy atom. The fourth-order valence-electron chi connectivity index (χ4n) is 2.78. The largest absolute Gasteiger partial charge is 0.286 e. The molecule has 0 unspecified atom stereocenters. The van der Waals surface area contributed by atoms with E-state index in [4.69, 9.17) is 5.84 Å². The number of hydrogen-bond donors (Lipinski definition) is 2. The lowest BCUT2D eigenvalue weighted by molar-refractivity contribution is -0.154. The molecule has 0 radical (unpaired) electrons. The SMILES string of the molecule is CCCCC[C@H](CN(O)C=O)C(=O)N(N)c1cncc(-c2cccnc2)c1. The van der Waals surface area contributed by atoms with Gasteiger partial charge in [-0.2, -0.15) is 0 Å². The van der Waals surface area contributed by atoms with Crippen LogP contribution in [0.15, 0.2) is 43.0 Å². The second kappa shape index (κ2) is 10.3. The molecule has 0 aliphatic rings. The number of hydrazine groups is 1. The van der Waals surface area contributed by atoms with E-state index in [0.717, 1.165) is 35.4 Å². The van der Waals surface area contributed by atoms with Crippen molar-refractivity contribution in [2.75, 3.05) is 11.6 Å². The van der Waals surface area contributed by atoms with Crippen molar-refractivity contribution in [2.24, 2.45) is 11.8 Å². The quantitative estimate of drug-likeness (QED) is 0.166. The highest BCUT2D eigenvalue weighted by Crippen LogP contribution is 2.23. The van der Waals surface area contributed by atoms with E-state index in [9.17, 15) is 14.8 Å². The third kappa shape index (κ3) is 5.83. The molecule has 144 valence electrons. The number of nitrogens with zero attached hydrogens (tertiary/aromatic N) is 4. The van der Waals surface area contributed by atoms with Crippen molar-refractivity contribution in [3.63, 3.8) is 0 Å². The van der Waals surface area contributed by atoms with Gasteiger partial charge in [0, 0.05) is 29.7 Å². The number of nitrogens with two attached hydrogens (primary N) is 1. The van der Waals surface area contributed by atoms with E-state index in [0.29, 0.717) is 17.2 Å². The summed E-state index contributed by atoms with van der Waals surface area (Å²) in [6, 6.07) is 5.45. The van der Waals surface area contributed by atoms with Crippen LogP contribution in [0.1, 0.15) is 32.6 Å². The monoisotopic (exact) mass is 371 g/mol. The maximum absolute atomic E-state index is 12.8. The Morgan fingerprint density at radius 3 is 2.70 bits per heavy atom. The van der Waals surface area contributed by atoms with Crippen molar-refractivity contribution in [3.05, 3.63) is 43.0 Å². The topological polar surface area (TPSA) is 113 Å². The fraction of sp³-hybridized carbons (Fsp3) is 0.368. The van der Waals surface area contributed by atoms with Crippen LogP contribution in [0, 0.1) is 5.92 Å². The summed E-state index contributed by atoms with van der Waals surface area (Å²) in [6.45, 7) is 1.96. The van der Waals surface area contributed by atoms with E-state index < -0.39 is 5.92 Å². The highest BCUT2D eigenvalue weighted by molar-refractivity contribution is 5.94. The van der Waals surface area contributed by atoms with E-state index in [1.165, 1.54) is 6.20 Å². The van der Waals surface area contributed by atoms with Crippen molar-refractivity contribution in [3.8, 4) is 11.1 Å². The molecule has 0 spiro atoms. The van der Waals surface area contributed by atoms with Gasteiger partial charge in [0.05, 0.1) is 24.3 Å². The molecule has 2 heterocycles. The summed E-state index contributed by atoms with van der Waals surface area (Å²) in [5.41, 5.74) is 2.06. The van der Waals surface area contributed by atoms with E-state index in [2.05, 4.69) is 16.9 Å². The van der Waals surface area contributed by atoms with Crippen molar-refractivity contribution in [1.29, 1.82) is 0 Å². The summed E-state index contributed by atoms with van der Waals surface area (Å²) in [7, 11) is 0. The van der Waals surface area contributed by atoms with E-state index in [-0.39, 0.29) is 18.9 Å². The van der Waals surface area contributed by atoms with Crippen LogP contribution in [0.25, 0.3) is 11.1 Å². The molecule has 0 fully saturated rings. The normalized spacial score (nSPS) is 11.7. The van der Waals surface area contributed by atoms with Crippen LogP contribution in [0.3, 0.4) is 0 Å². The smallest absolute Gasteiger partial charge is 0.246 e. The number of hydroxylamine groups is 2. The number of carbonyl (C=O) groups excluding carboxylic acids is 2. The van der Waals surface area contributed by atoms with Gasteiger partial charge >= 0.3 is 0 Å². The molecule has 8 heteroatoms. The van der Waals surface area contributed by atoms with Crippen LogP contribution in [0.4, 0.5) is 5.69 Å². The molecular weight excluding hydrogens is 346 g/mol. The van der Waals surface area contributed by atoms with E-state index >= 15 is 0 Å². The standard InChI is InChI=1S/C19H25N5O3/c1-2-3-4-6-16(13-23(27)14-25)19(26)24(20)18-9-17(11-22-12-18)15-7-5-8-21-10-15/h5,7-12,14,16,27H,2-4,6,13,20H2,1H3/t16-/m1/s1. The number of rotatable bonds is 10. The van der Waals surface area contributed by atoms with Gasteiger partial charge in [-0.15, -0.1) is 0 Å². The average Bonchev–Trinajstić information content (AvgIpc) is 2.72. The lowest BCUT2D eigenvalue weighted by atomic mass is 9.99. The number of amides is 2. The molecule has 2 aromatic heterocycles. The van der Waals surface area contributed by atoms with Gasteiger partial charge in [0.2, 0.25) is 12.3 Å². The molecule has 0 aromatic carbocycles. The summed E-state index contributed by atoms with van der Waals surface area (Å²) in [6.07, 6.45) is 10.1. The van der Waals surface area contributed by atoms with Crippen LogP contribution >= 0.6 is 0 Å². The zero-order valence-electron chi connectivity index (χ0n) is 15.4. The summed E-state index contributed by atoms with van der Waals surface area (Å²) in [5, 5.41) is 11.0. The predicted octanol–water partition coefficient (Wildman–Crippen LogP) is 2.39. The van der Waals surface area contributed by atoms with Crippen LogP contribution < -0.4 is 10.9 Å². The number of unbranched alkanes of at least 4 members (excludes halogenated alkanes) is 2. The van der Waals surface area contributed by atoms with Gasteiger partial charge in [-0.05, 0) is 18.6 Å². The number of pyridine rings is 2. The minimum absolute atomic E-state index is 0.102. The molecular formula is C19H25N5O3. The van der Waals surface area contributed by atoms with Crippen molar-refractivity contribution in [2.45, 2.75) is 32.6 Å². The van der Waals surface area contributed by atoms with Crippen molar-refractivity contribution < 1.29 is 14.8 Å². The number of carbonyl (C=O) groups is 2. The average molecular weight is 371 g/mol. The zero-order chi connectivity index (χ0) is 19.6. The van der Waals surface area contributed by atoms with E-state index in [1.54, 1.807) is 24.7 Å². The molecule has 0 bridgehead atoms. The van der Waals surface area contributed by atoms with Crippen LogP contribution in [0.2, 0.25) is 0 Å². The van der Waals surface area contributed by atoms with Gasteiger partial charge in [0.15, 0.2) is 0 Å². The fourth-order valence-corrected chi connectivity index (χ4v) is 2.78. The second-order valence-corrected chi connectivity index (χ2v) is 6.30. The minimum atomic E-state index is -0.598. The van der Waals surface area contributed by atoms with Crippen LogP contribution in [0.5, 0.6) is 0 Å². The Bertz CT molecular complexity index is 741. The third-order valence-corrected chi connectivity index (χ3v) is 4.27.